The Kier molecular flexibility index (Phi) is 2.67. The first-order valence-electron chi connectivity index (χ1n) is 6.17. The number of nitrogens with one attached hydrogen (secondary N) is 1. The summed E-state index contributed by atoms with van der Waals surface area (Å²) in [5, 5.41) is 3.48. The summed E-state index contributed by atoms with van der Waals surface area (Å²) in [6.07, 6.45) is 0.750. The molecule has 0 saturated heterocycles. The van der Waals surface area contributed by atoms with E-state index in [1.807, 2.05) is 24.3 Å². The van der Waals surface area contributed by atoms with Crippen LogP contribution in [0.25, 0.3) is 0 Å². The molecule has 18 heavy (non-hydrogen) atoms. The maximum atomic E-state index is 13.8. The number of benzene rings is 1. The quantitative estimate of drug-likeness (QED) is 0.795. The maximum absolute atomic E-state index is 13.8. The van der Waals surface area contributed by atoms with Gasteiger partial charge in [0.2, 0.25) is 0 Å². The normalized spacial score (nSPS) is 17.7. The van der Waals surface area contributed by atoms with Crippen LogP contribution in [-0.2, 0) is 6.42 Å². The molecule has 3 heteroatoms. The van der Waals surface area contributed by atoms with Crippen molar-refractivity contribution in [1.82, 2.24) is 0 Å². The standard InChI is InChI=1S/C15H16FNS/c1-8-4-5-13(16)12-7-14(17-15(8)12)11-6-9(2)18-10(11)3/h4-6,14,17H,7H2,1-3H3. The van der Waals surface area contributed by atoms with Crippen LogP contribution in [0.2, 0.25) is 0 Å². The van der Waals surface area contributed by atoms with Crippen LogP contribution >= 0.6 is 11.3 Å². The fourth-order valence-corrected chi connectivity index (χ4v) is 3.74. The number of hydrogen-bond donors (Lipinski definition) is 1. The van der Waals surface area contributed by atoms with Gasteiger partial charge in [-0.15, -0.1) is 11.3 Å². The van der Waals surface area contributed by atoms with Crippen molar-refractivity contribution in [2.75, 3.05) is 5.32 Å². The number of anilines is 1. The van der Waals surface area contributed by atoms with Gasteiger partial charge in [0.25, 0.3) is 0 Å². The van der Waals surface area contributed by atoms with Crippen molar-refractivity contribution >= 4 is 17.0 Å². The summed E-state index contributed by atoms with van der Waals surface area (Å²) in [7, 11) is 0. The molecule has 0 saturated carbocycles. The molecule has 3 rings (SSSR count). The predicted octanol–water partition coefficient (Wildman–Crippen LogP) is 4.52. The van der Waals surface area contributed by atoms with E-state index in [0.29, 0.717) is 0 Å². The van der Waals surface area contributed by atoms with Gasteiger partial charge in [-0.2, -0.15) is 0 Å². The second-order valence-corrected chi connectivity index (χ2v) is 6.45. The van der Waals surface area contributed by atoms with Gasteiger partial charge >= 0.3 is 0 Å². The molecule has 94 valence electrons. The molecule has 0 fully saturated rings. The fourth-order valence-electron chi connectivity index (χ4n) is 2.75. The van der Waals surface area contributed by atoms with E-state index in [9.17, 15) is 4.39 Å². The first kappa shape index (κ1) is 11.7. The summed E-state index contributed by atoms with van der Waals surface area (Å²) in [5.74, 6) is -0.0878. The van der Waals surface area contributed by atoms with Crippen LogP contribution in [0.4, 0.5) is 10.1 Å². The van der Waals surface area contributed by atoms with Gasteiger partial charge in [-0.1, -0.05) is 6.07 Å². The molecule has 1 N–H and O–H groups in total. The molecule has 2 aromatic rings. The number of hydrogen-bond acceptors (Lipinski definition) is 2. The Bertz CT molecular complexity index is 584. The van der Waals surface area contributed by atoms with Crippen molar-refractivity contribution in [1.29, 1.82) is 0 Å². The number of thiophene rings is 1. The molecule has 0 spiro atoms. The molecular formula is C15H16FNS. The largest absolute Gasteiger partial charge is 0.377 e. The first-order chi connectivity index (χ1) is 8.56. The van der Waals surface area contributed by atoms with Crippen molar-refractivity contribution in [3.63, 3.8) is 0 Å². The highest BCUT2D eigenvalue weighted by atomic mass is 32.1. The molecule has 0 aliphatic carbocycles. The van der Waals surface area contributed by atoms with Gasteiger partial charge in [-0.3, -0.25) is 0 Å². The van der Waals surface area contributed by atoms with E-state index in [2.05, 4.69) is 25.2 Å². The summed E-state index contributed by atoms with van der Waals surface area (Å²) < 4.78 is 13.8. The topological polar surface area (TPSA) is 12.0 Å². The molecule has 0 bridgehead atoms. The van der Waals surface area contributed by atoms with Crippen LogP contribution in [0.1, 0.15) is 32.5 Å². The van der Waals surface area contributed by atoms with Gasteiger partial charge in [0.05, 0.1) is 6.04 Å². The van der Waals surface area contributed by atoms with Gasteiger partial charge in [0.15, 0.2) is 0 Å². The van der Waals surface area contributed by atoms with Gasteiger partial charge in [0, 0.05) is 27.4 Å². The lowest BCUT2D eigenvalue weighted by Gasteiger charge is -2.11. The van der Waals surface area contributed by atoms with E-state index in [0.717, 1.165) is 23.2 Å². The Morgan fingerprint density at radius 1 is 1.28 bits per heavy atom. The highest BCUT2D eigenvalue weighted by Crippen LogP contribution is 2.40. The number of rotatable bonds is 1. The van der Waals surface area contributed by atoms with Crippen molar-refractivity contribution in [2.45, 2.75) is 33.2 Å². The van der Waals surface area contributed by atoms with Crippen LogP contribution in [-0.4, -0.2) is 0 Å². The highest BCUT2D eigenvalue weighted by molar-refractivity contribution is 7.12. The smallest absolute Gasteiger partial charge is 0.128 e. The third-order valence-corrected chi connectivity index (χ3v) is 4.63. The molecular weight excluding hydrogens is 245 g/mol. The Balaban J connectivity index is 2.00. The molecule has 1 aromatic heterocycles. The second-order valence-electron chi connectivity index (χ2n) is 4.99. The lowest BCUT2D eigenvalue weighted by molar-refractivity contribution is 0.610. The summed E-state index contributed by atoms with van der Waals surface area (Å²) >= 11 is 1.81. The zero-order chi connectivity index (χ0) is 12.9. The summed E-state index contributed by atoms with van der Waals surface area (Å²) in [6.45, 7) is 6.29. The summed E-state index contributed by atoms with van der Waals surface area (Å²) in [4.78, 5) is 2.65. The molecule has 0 radical (unpaired) electrons. The second kappa shape index (κ2) is 4.09. The molecule has 1 aromatic carbocycles. The summed E-state index contributed by atoms with van der Waals surface area (Å²) in [5.41, 5.74) is 4.26. The monoisotopic (exact) mass is 261 g/mol. The van der Waals surface area contributed by atoms with Crippen LogP contribution in [0.15, 0.2) is 18.2 Å². The van der Waals surface area contributed by atoms with Crippen LogP contribution in [0, 0.1) is 26.6 Å². The fraction of sp³-hybridized carbons (Fsp3) is 0.333. The number of fused-ring (bicyclic) bond motifs is 1. The lowest BCUT2D eigenvalue weighted by Crippen LogP contribution is -2.06. The van der Waals surface area contributed by atoms with E-state index < -0.39 is 0 Å². The zero-order valence-electron chi connectivity index (χ0n) is 10.8. The van der Waals surface area contributed by atoms with E-state index in [-0.39, 0.29) is 11.9 Å². The molecule has 1 unspecified atom stereocenters. The van der Waals surface area contributed by atoms with Gasteiger partial charge in [-0.25, -0.2) is 4.39 Å². The van der Waals surface area contributed by atoms with Crippen LogP contribution in [0.3, 0.4) is 0 Å². The van der Waals surface area contributed by atoms with E-state index >= 15 is 0 Å². The van der Waals surface area contributed by atoms with Crippen LogP contribution in [0.5, 0.6) is 0 Å². The molecule has 2 heterocycles. The predicted molar refractivity (Wildman–Crippen MR) is 75.0 cm³/mol. The van der Waals surface area contributed by atoms with Crippen molar-refractivity contribution in [3.8, 4) is 0 Å². The van der Waals surface area contributed by atoms with Crippen LogP contribution < -0.4 is 5.32 Å². The molecule has 1 atom stereocenters. The minimum absolute atomic E-state index is 0.0878. The minimum atomic E-state index is -0.0878. The molecule has 1 nitrogen and oxygen atoms in total. The van der Waals surface area contributed by atoms with E-state index in [1.165, 1.54) is 15.3 Å². The van der Waals surface area contributed by atoms with Gasteiger partial charge in [-0.05, 0) is 44.0 Å². The highest BCUT2D eigenvalue weighted by Gasteiger charge is 2.27. The van der Waals surface area contributed by atoms with Crippen molar-refractivity contribution < 1.29 is 4.39 Å². The average Bonchev–Trinajstić information content (AvgIpc) is 2.88. The zero-order valence-corrected chi connectivity index (χ0v) is 11.6. The molecule has 1 aliphatic heterocycles. The third-order valence-electron chi connectivity index (χ3n) is 3.65. The third kappa shape index (κ3) is 1.74. The Labute approximate surface area is 111 Å². The summed E-state index contributed by atoms with van der Waals surface area (Å²) in [6, 6.07) is 5.86. The Morgan fingerprint density at radius 2 is 2.06 bits per heavy atom. The Morgan fingerprint density at radius 3 is 2.67 bits per heavy atom. The molecule has 1 aliphatic rings. The van der Waals surface area contributed by atoms with E-state index in [1.54, 1.807) is 6.07 Å². The lowest BCUT2D eigenvalue weighted by atomic mass is 10.0. The van der Waals surface area contributed by atoms with Crippen molar-refractivity contribution in [2.24, 2.45) is 0 Å². The number of aryl methyl sites for hydroxylation is 3. The van der Waals surface area contributed by atoms with Crippen molar-refractivity contribution in [3.05, 3.63) is 50.5 Å². The Hall–Kier alpha value is -1.35. The number of halogens is 1. The first-order valence-corrected chi connectivity index (χ1v) is 6.99. The van der Waals surface area contributed by atoms with E-state index in [4.69, 9.17) is 0 Å². The maximum Gasteiger partial charge on any atom is 0.128 e. The minimum Gasteiger partial charge on any atom is -0.377 e. The average molecular weight is 261 g/mol. The van der Waals surface area contributed by atoms with Gasteiger partial charge in [0.1, 0.15) is 5.82 Å². The SMILES string of the molecule is Cc1cc(C2Cc3c(F)ccc(C)c3N2)c(C)s1. The van der Waals surface area contributed by atoms with Gasteiger partial charge < -0.3 is 5.32 Å². The molecule has 0 amide bonds.